The van der Waals surface area contributed by atoms with Gasteiger partial charge in [0.15, 0.2) is 18.1 Å². The molecule has 0 aliphatic rings. The molecule has 0 bridgehead atoms. The Morgan fingerprint density at radius 1 is 1.02 bits per heavy atom. The summed E-state index contributed by atoms with van der Waals surface area (Å²) in [6.07, 6.45) is 9.62. The van der Waals surface area contributed by atoms with E-state index in [-0.39, 0.29) is 14.0 Å². The van der Waals surface area contributed by atoms with Gasteiger partial charge in [-0.2, -0.15) is 0 Å². The van der Waals surface area contributed by atoms with Gasteiger partial charge in [-0.05, 0) is 63.8 Å². The molecule has 0 saturated carbocycles. The average molecular weight is 608 g/mol. The number of esters is 1. The topological polar surface area (TPSA) is 151 Å². The summed E-state index contributed by atoms with van der Waals surface area (Å²) in [6, 6.07) is 7.21. The highest BCUT2D eigenvalue weighted by atomic mass is 16.6. The molecule has 0 unspecified atom stereocenters. The number of nitrogens with one attached hydrogen (secondary N) is 4. The molecule has 4 N–H and O–H groups in total. The number of aromatic amines is 1. The third-order valence-corrected chi connectivity index (χ3v) is 6.48. The molecule has 0 atom stereocenters. The number of hydrogen-bond acceptors (Lipinski definition) is 12. The smallest absolute Gasteiger partial charge is 0.344 e. The van der Waals surface area contributed by atoms with Crippen LogP contribution in [0.25, 0.3) is 11.0 Å². The second kappa shape index (κ2) is 18.2. The van der Waals surface area contributed by atoms with Gasteiger partial charge in [0.2, 0.25) is 5.95 Å². The van der Waals surface area contributed by atoms with Gasteiger partial charge < -0.3 is 40.0 Å². The van der Waals surface area contributed by atoms with E-state index in [2.05, 4.69) is 52.8 Å². The first-order valence-corrected chi connectivity index (χ1v) is 14.5. The van der Waals surface area contributed by atoms with Gasteiger partial charge in [0.05, 0.1) is 18.5 Å². The van der Waals surface area contributed by atoms with Crippen molar-refractivity contribution < 1.29 is 19.0 Å². The van der Waals surface area contributed by atoms with Crippen LogP contribution in [0.5, 0.6) is 11.5 Å². The molecule has 4 aromatic rings. The van der Waals surface area contributed by atoms with Crippen LogP contribution >= 0.6 is 0 Å². The van der Waals surface area contributed by atoms with Crippen LogP contribution in [0.15, 0.2) is 49.2 Å². The van der Waals surface area contributed by atoms with Crippen LogP contribution in [-0.2, 0) is 16.1 Å². The number of unbranched alkanes of at least 4 members (excludes halogenated alkanes) is 1. The molecule has 0 aliphatic heterocycles. The Kier molecular flexibility index (Phi) is 14.1. The van der Waals surface area contributed by atoms with E-state index in [9.17, 15) is 4.79 Å². The Hall–Kier alpha value is -4.49. The van der Waals surface area contributed by atoms with E-state index >= 15 is 0 Å². The van der Waals surface area contributed by atoms with E-state index in [0.29, 0.717) is 48.7 Å². The molecule has 13 nitrogen and oxygen atoms in total. The van der Waals surface area contributed by atoms with Gasteiger partial charge in [-0.3, -0.25) is 0 Å². The number of ether oxygens (including phenoxy) is 3. The minimum absolute atomic E-state index is 0. The molecule has 44 heavy (non-hydrogen) atoms. The Balaban J connectivity index is 0.00000529. The zero-order valence-electron chi connectivity index (χ0n) is 25.1. The van der Waals surface area contributed by atoms with Crippen LogP contribution in [0, 0.1) is 0 Å². The fourth-order valence-electron chi connectivity index (χ4n) is 4.32. The molecule has 13 heteroatoms. The van der Waals surface area contributed by atoms with E-state index in [1.165, 1.54) is 6.33 Å². The Morgan fingerprint density at radius 2 is 1.86 bits per heavy atom. The van der Waals surface area contributed by atoms with Crippen LogP contribution < -0.4 is 25.4 Å². The first kappa shape index (κ1) is 34.0. The number of rotatable bonds is 19. The van der Waals surface area contributed by atoms with Crippen molar-refractivity contribution in [3.05, 3.63) is 54.7 Å². The van der Waals surface area contributed by atoms with Gasteiger partial charge in [-0.25, -0.2) is 24.7 Å². The van der Waals surface area contributed by atoms with E-state index in [1.807, 2.05) is 26.2 Å². The number of hydrogen-bond donors (Lipinski definition) is 4. The standard InChI is InChI=1S/C30H41N9O4.CH4/c1-4-5-15-42-26(40)20-43-25-17-23(8-9-24(25)41-16-13-34-30-32-11-6-12-33-30)38-29-27-22(18-35-28(27)36-21-37-29)19-39(3)14-7-10-31-2;/h6,8-9,11-12,17-18,21,31H,4-5,7,10,13-16,19-20H2,1-3H3,(H,32,33,34)(H2,35,36,37,38);1H4. The van der Waals surface area contributed by atoms with Crippen molar-refractivity contribution in [2.45, 2.75) is 40.2 Å². The summed E-state index contributed by atoms with van der Waals surface area (Å²) in [4.78, 5) is 35.0. The minimum atomic E-state index is -0.436. The van der Waals surface area contributed by atoms with Gasteiger partial charge in [-0.1, -0.05) is 20.8 Å². The molecule has 0 radical (unpaired) electrons. The van der Waals surface area contributed by atoms with Crippen molar-refractivity contribution in [2.75, 3.05) is 64.2 Å². The number of anilines is 3. The summed E-state index contributed by atoms with van der Waals surface area (Å²) in [5.74, 6) is 1.63. The van der Waals surface area contributed by atoms with E-state index in [1.54, 1.807) is 30.6 Å². The first-order chi connectivity index (χ1) is 21.1. The molecule has 0 fully saturated rings. The van der Waals surface area contributed by atoms with Crippen molar-refractivity contribution in [2.24, 2.45) is 0 Å². The maximum absolute atomic E-state index is 12.3. The van der Waals surface area contributed by atoms with Crippen LogP contribution in [0.3, 0.4) is 0 Å². The summed E-state index contributed by atoms with van der Waals surface area (Å²) in [6.45, 7) is 5.63. The number of carbonyl (C=O) groups excluding carboxylic acids is 1. The second-order valence-corrected chi connectivity index (χ2v) is 9.95. The molecule has 238 valence electrons. The van der Waals surface area contributed by atoms with Crippen molar-refractivity contribution in [1.29, 1.82) is 0 Å². The lowest BCUT2D eigenvalue weighted by molar-refractivity contribution is -0.146. The lowest BCUT2D eigenvalue weighted by Gasteiger charge is -2.17. The summed E-state index contributed by atoms with van der Waals surface area (Å²) in [5.41, 5.74) is 2.55. The molecule has 3 aromatic heterocycles. The zero-order valence-corrected chi connectivity index (χ0v) is 25.1. The van der Waals surface area contributed by atoms with Crippen LogP contribution in [0.4, 0.5) is 17.5 Å². The molecule has 0 aliphatic carbocycles. The van der Waals surface area contributed by atoms with E-state index in [4.69, 9.17) is 14.2 Å². The van der Waals surface area contributed by atoms with Crippen molar-refractivity contribution >= 4 is 34.5 Å². The molecule has 4 rings (SSSR count). The fourth-order valence-corrected chi connectivity index (χ4v) is 4.32. The lowest BCUT2D eigenvalue weighted by atomic mass is 10.2. The molecular formula is C31H45N9O4. The molecule has 0 saturated heterocycles. The van der Waals surface area contributed by atoms with Crippen molar-refractivity contribution in [3.63, 3.8) is 0 Å². The maximum atomic E-state index is 12.3. The van der Waals surface area contributed by atoms with Gasteiger partial charge >= 0.3 is 5.97 Å². The Labute approximate surface area is 259 Å². The summed E-state index contributed by atoms with van der Waals surface area (Å²) >= 11 is 0. The third kappa shape index (κ3) is 10.3. The molecule has 0 spiro atoms. The molecule has 0 amide bonds. The summed E-state index contributed by atoms with van der Waals surface area (Å²) in [7, 11) is 4.06. The number of benzene rings is 1. The fraction of sp³-hybridized carbons (Fsp3) is 0.452. The number of fused-ring (bicyclic) bond motifs is 1. The molecular weight excluding hydrogens is 562 g/mol. The third-order valence-electron chi connectivity index (χ3n) is 6.48. The Morgan fingerprint density at radius 3 is 2.66 bits per heavy atom. The number of nitrogens with zero attached hydrogens (tertiary/aromatic N) is 5. The lowest BCUT2D eigenvalue weighted by Crippen LogP contribution is -2.22. The summed E-state index contributed by atoms with van der Waals surface area (Å²) < 4.78 is 17.1. The Bertz CT molecular complexity index is 1420. The van der Waals surface area contributed by atoms with E-state index in [0.717, 1.165) is 55.5 Å². The van der Waals surface area contributed by atoms with Crippen molar-refractivity contribution in [3.8, 4) is 11.5 Å². The second-order valence-electron chi connectivity index (χ2n) is 9.95. The zero-order chi connectivity index (χ0) is 30.3. The normalized spacial score (nSPS) is 10.8. The largest absolute Gasteiger partial charge is 0.488 e. The SMILES string of the molecule is C.CCCCOC(=O)COc1cc(Nc2ncnc3[nH]cc(CN(C)CCCNC)c23)ccc1OCCNc1ncccn1. The van der Waals surface area contributed by atoms with E-state index < -0.39 is 5.97 Å². The monoisotopic (exact) mass is 607 g/mol. The van der Waals surface area contributed by atoms with Crippen LogP contribution in [0.1, 0.15) is 39.2 Å². The minimum Gasteiger partial charge on any atom is -0.488 e. The highest BCUT2D eigenvalue weighted by Gasteiger charge is 2.15. The predicted molar refractivity (Wildman–Crippen MR) is 173 cm³/mol. The van der Waals surface area contributed by atoms with Gasteiger partial charge in [-0.15, -0.1) is 0 Å². The van der Waals surface area contributed by atoms with Gasteiger partial charge in [0.1, 0.15) is 24.4 Å². The molecule has 3 heterocycles. The average Bonchev–Trinajstić information content (AvgIpc) is 3.43. The van der Waals surface area contributed by atoms with Crippen LogP contribution in [0.2, 0.25) is 0 Å². The summed E-state index contributed by atoms with van der Waals surface area (Å²) in [5, 5.41) is 10.6. The van der Waals surface area contributed by atoms with Crippen LogP contribution in [-0.4, -0.2) is 89.3 Å². The predicted octanol–water partition coefficient (Wildman–Crippen LogP) is 4.38. The highest BCUT2D eigenvalue weighted by Crippen LogP contribution is 2.33. The number of carbonyl (C=O) groups is 1. The van der Waals surface area contributed by atoms with Gasteiger partial charge in [0, 0.05) is 36.9 Å². The number of aromatic nitrogens is 5. The first-order valence-electron chi connectivity index (χ1n) is 14.5. The quantitative estimate of drug-likeness (QED) is 0.0884. The van der Waals surface area contributed by atoms with Crippen molar-refractivity contribution in [1.82, 2.24) is 35.1 Å². The highest BCUT2D eigenvalue weighted by molar-refractivity contribution is 5.92. The maximum Gasteiger partial charge on any atom is 0.344 e. The molecule has 1 aromatic carbocycles. The number of H-pyrrole nitrogens is 1. The van der Waals surface area contributed by atoms with Gasteiger partial charge in [0.25, 0.3) is 0 Å².